The van der Waals surface area contributed by atoms with Crippen molar-refractivity contribution in [1.82, 2.24) is 20.2 Å². The minimum Gasteiger partial charge on any atom is -0.497 e. The molecule has 0 aliphatic carbocycles. The lowest BCUT2D eigenvalue weighted by Gasteiger charge is -2.14. The summed E-state index contributed by atoms with van der Waals surface area (Å²) in [5, 5.41) is 15.4. The summed E-state index contributed by atoms with van der Waals surface area (Å²) in [6.45, 7) is 0. The average Bonchev–Trinajstić information content (AvgIpc) is 3.51. The zero-order chi connectivity index (χ0) is 23.4. The van der Waals surface area contributed by atoms with Crippen LogP contribution in [0.3, 0.4) is 0 Å². The lowest BCUT2D eigenvalue weighted by molar-refractivity contribution is 0.103. The Morgan fingerprint density at radius 1 is 1.03 bits per heavy atom. The first kappa shape index (κ1) is 22.2. The maximum atomic E-state index is 13.1. The number of sulfonamides is 1. The van der Waals surface area contributed by atoms with Crippen LogP contribution in [0, 0.1) is 0 Å². The van der Waals surface area contributed by atoms with E-state index < -0.39 is 15.9 Å². The molecule has 2 heterocycles. The molecule has 0 bridgehead atoms. The highest BCUT2D eigenvalue weighted by Gasteiger charge is 2.22. The summed E-state index contributed by atoms with van der Waals surface area (Å²) in [5.74, 6) is 0.279. The van der Waals surface area contributed by atoms with Crippen LogP contribution in [0.1, 0.15) is 9.67 Å². The van der Waals surface area contributed by atoms with E-state index in [0.29, 0.717) is 22.0 Å². The standard InChI is InChI=1S/C20H18N6O5S2/c1-30-15-6-3-13(4-7-15)23-33(28,29)18-11-14(5-8-17(18)31-2)22-20(27)19-16(9-10-32-19)26-12-21-24-25-26/h3-12,23H,1-2H3,(H,22,27). The molecule has 0 spiro atoms. The second-order valence-corrected chi connectivity index (χ2v) is 9.11. The summed E-state index contributed by atoms with van der Waals surface area (Å²) in [4.78, 5) is 13.1. The fourth-order valence-corrected chi connectivity index (χ4v) is 4.97. The number of aromatic nitrogens is 4. The maximum absolute atomic E-state index is 13.1. The van der Waals surface area contributed by atoms with Gasteiger partial charge in [-0.05, 0) is 64.3 Å². The van der Waals surface area contributed by atoms with Gasteiger partial charge < -0.3 is 14.8 Å². The van der Waals surface area contributed by atoms with Crippen molar-refractivity contribution in [2.75, 3.05) is 24.3 Å². The van der Waals surface area contributed by atoms with Gasteiger partial charge in [0, 0.05) is 11.4 Å². The Bertz CT molecular complexity index is 1370. The van der Waals surface area contributed by atoms with Crippen LogP contribution in [0.4, 0.5) is 11.4 Å². The first-order chi connectivity index (χ1) is 15.9. The fourth-order valence-electron chi connectivity index (χ4n) is 2.95. The van der Waals surface area contributed by atoms with Crippen LogP contribution in [-0.2, 0) is 10.0 Å². The SMILES string of the molecule is COc1ccc(NS(=O)(=O)c2cc(NC(=O)c3sccc3-n3cnnn3)ccc2OC)cc1. The van der Waals surface area contributed by atoms with Gasteiger partial charge in [0.25, 0.3) is 15.9 Å². The number of amides is 1. The van der Waals surface area contributed by atoms with Crippen molar-refractivity contribution >= 4 is 38.6 Å². The van der Waals surface area contributed by atoms with Gasteiger partial charge in [0.1, 0.15) is 27.6 Å². The summed E-state index contributed by atoms with van der Waals surface area (Å²) in [5.41, 5.74) is 1.12. The number of hydrogen-bond acceptors (Lipinski definition) is 9. The molecular weight excluding hydrogens is 468 g/mol. The van der Waals surface area contributed by atoms with E-state index in [0.717, 1.165) is 0 Å². The molecular formula is C20H18N6O5S2. The van der Waals surface area contributed by atoms with E-state index in [1.54, 1.807) is 41.8 Å². The summed E-state index contributed by atoms with van der Waals surface area (Å²) in [6, 6.07) is 12.5. The van der Waals surface area contributed by atoms with Crippen molar-refractivity contribution in [3.05, 3.63) is 65.1 Å². The van der Waals surface area contributed by atoms with Crippen molar-refractivity contribution < 1.29 is 22.7 Å². The number of benzene rings is 2. The van der Waals surface area contributed by atoms with E-state index in [4.69, 9.17) is 9.47 Å². The van der Waals surface area contributed by atoms with Gasteiger partial charge in [0.15, 0.2) is 0 Å². The highest BCUT2D eigenvalue weighted by atomic mass is 32.2. The van der Waals surface area contributed by atoms with E-state index >= 15 is 0 Å². The second-order valence-electron chi connectivity index (χ2n) is 6.54. The fraction of sp³-hybridized carbons (Fsp3) is 0.100. The molecule has 0 fully saturated rings. The molecule has 0 saturated carbocycles. The number of rotatable bonds is 8. The highest BCUT2D eigenvalue weighted by molar-refractivity contribution is 7.92. The number of carbonyl (C=O) groups is 1. The number of methoxy groups -OCH3 is 2. The Labute approximate surface area is 193 Å². The number of carbonyl (C=O) groups excluding carboxylic acids is 1. The lowest BCUT2D eigenvalue weighted by Crippen LogP contribution is -2.16. The minimum atomic E-state index is -4.03. The Kier molecular flexibility index (Phi) is 6.24. The van der Waals surface area contributed by atoms with Crippen LogP contribution in [0.15, 0.2) is 65.1 Å². The number of nitrogens with zero attached hydrogens (tertiary/aromatic N) is 4. The summed E-state index contributed by atoms with van der Waals surface area (Å²) >= 11 is 1.20. The van der Waals surface area contributed by atoms with Gasteiger partial charge in [0.05, 0.1) is 19.9 Å². The van der Waals surface area contributed by atoms with Gasteiger partial charge in [-0.2, -0.15) is 4.68 Å². The molecule has 33 heavy (non-hydrogen) atoms. The van der Waals surface area contributed by atoms with Crippen LogP contribution in [0.5, 0.6) is 11.5 Å². The third kappa shape index (κ3) is 4.78. The van der Waals surface area contributed by atoms with Gasteiger partial charge in [-0.15, -0.1) is 16.4 Å². The van der Waals surface area contributed by atoms with Crippen LogP contribution in [0.25, 0.3) is 5.69 Å². The van der Waals surface area contributed by atoms with Crippen molar-refractivity contribution in [2.24, 2.45) is 0 Å². The largest absolute Gasteiger partial charge is 0.497 e. The van der Waals surface area contributed by atoms with Crippen LogP contribution in [0.2, 0.25) is 0 Å². The van der Waals surface area contributed by atoms with Gasteiger partial charge in [-0.25, -0.2) is 8.42 Å². The predicted molar refractivity (Wildman–Crippen MR) is 122 cm³/mol. The molecule has 0 atom stereocenters. The summed E-state index contributed by atoms with van der Waals surface area (Å²) in [6.07, 6.45) is 1.38. The van der Waals surface area contributed by atoms with E-state index in [9.17, 15) is 13.2 Å². The van der Waals surface area contributed by atoms with Gasteiger partial charge >= 0.3 is 0 Å². The first-order valence-electron chi connectivity index (χ1n) is 9.38. The van der Waals surface area contributed by atoms with Crippen molar-refractivity contribution in [3.63, 3.8) is 0 Å². The Morgan fingerprint density at radius 2 is 1.79 bits per heavy atom. The van der Waals surface area contributed by atoms with Crippen LogP contribution < -0.4 is 19.5 Å². The highest BCUT2D eigenvalue weighted by Crippen LogP contribution is 2.30. The molecule has 0 saturated heterocycles. The lowest BCUT2D eigenvalue weighted by atomic mass is 10.3. The Morgan fingerprint density at radius 3 is 2.45 bits per heavy atom. The quantitative estimate of drug-likeness (QED) is 0.388. The summed E-state index contributed by atoms with van der Waals surface area (Å²) in [7, 11) is -1.14. The molecule has 0 radical (unpaired) electrons. The van der Waals surface area contributed by atoms with Gasteiger partial charge in [-0.3, -0.25) is 9.52 Å². The number of tetrazole rings is 1. The number of hydrogen-bond donors (Lipinski definition) is 2. The zero-order valence-electron chi connectivity index (χ0n) is 17.4. The van der Waals surface area contributed by atoms with E-state index in [-0.39, 0.29) is 16.3 Å². The van der Waals surface area contributed by atoms with Crippen molar-refractivity contribution in [2.45, 2.75) is 4.90 Å². The number of ether oxygens (including phenoxy) is 2. The predicted octanol–water partition coefficient (Wildman–Crippen LogP) is 2.79. The first-order valence-corrected chi connectivity index (χ1v) is 11.7. The Balaban J connectivity index is 1.60. The maximum Gasteiger partial charge on any atom is 0.267 e. The molecule has 0 aliphatic rings. The molecule has 170 valence electrons. The molecule has 4 rings (SSSR count). The molecule has 0 unspecified atom stereocenters. The van der Waals surface area contributed by atoms with E-state index in [2.05, 4.69) is 25.6 Å². The zero-order valence-corrected chi connectivity index (χ0v) is 19.1. The third-order valence-electron chi connectivity index (χ3n) is 4.50. The van der Waals surface area contributed by atoms with Crippen molar-refractivity contribution in [3.8, 4) is 17.2 Å². The van der Waals surface area contributed by atoms with E-state index in [1.807, 2.05) is 0 Å². The summed E-state index contributed by atoms with van der Waals surface area (Å²) < 4.78 is 40.3. The Hall–Kier alpha value is -3.97. The van der Waals surface area contributed by atoms with Crippen LogP contribution in [-0.4, -0.2) is 48.8 Å². The molecule has 1 amide bonds. The normalized spacial score (nSPS) is 11.1. The average molecular weight is 487 g/mol. The van der Waals surface area contributed by atoms with E-state index in [1.165, 1.54) is 48.7 Å². The molecule has 0 aliphatic heterocycles. The molecule has 2 aromatic heterocycles. The molecule has 4 aromatic rings. The molecule has 13 heteroatoms. The molecule has 11 nitrogen and oxygen atoms in total. The topological polar surface area (TPSA) is 137 Å². The molecule has 2 N–H and O–H groups in total. The second kappa shape index (κ2) is 9.26. The monoisotopic (exact) mass is 486 g/mol. The molecule has 2 aromatic carbocycles. The smallest absolute Gasteiger partial charge is 0.267 e. The number of nitrogens with one attached hydrogen (secondary N) is 2. The van der Waals surface area contributed by atoms with Crippen LogP contribution >= 0.6 is 11.3 Å². The van der Waals surface area contributed by atoms with Gasteiger partial charge in [-0.1, -0.05) is 0 Å². The van der Waals surface area contributed by atoms with Gasteiger partial charge in [0.2, 0.25) is 0 Å². The minimum absolute atomic E-state index is 0.125. The third-order valence-corrected chi connectivity index (χ3v) is 6.80. The number of anilines is 2. The van der Waals surface area contributed by atoms with Crippen molar-refractivity contribution in [1.29, 1.82) is 0 Å². The number of thiophene rings is 1.